The van der Waals surface area contributed by atoms with E-state index in [9.17, 15) is 4.79 Å². The van der Waals surface area contributed by atoms with Crippen LogP contribution in [0.25, 0.3) is 17.0 Å². The number of nitrogens with zero attached hydrogens (tertiary/aromatic N) is 3. The maximum absolute atomic E-state index is 13.8. The predicted molar refractivity (Wildman–Crippen MR) is 160 cm³/mol. The Bertz CT molecular complexity index is 1550. The fourth-order valence-electron chi connectivity index (χ4n) is 5.34. The van der Waals surface area contributed by atoms with Gasteiger partial charge in [-0.15, -0.1) is 0 Å². The van der Waals surface area contributed by atoms with Gasteiger partial charge in [-0.1, -0.05) is 84.9 Å². The number of benzene rings is 3. The zero-order chi connectivity index (χ0) is 26.1. The molecule has 0 atom stereocenters. The third-order valence-corrected chi connectivity index (χ3v) is 8.92. The molecule has 0 radical (unpaired) electrons. The zero-order valence-electron chi connectivity index (χ0n) is 20.8. The van der Waals surface area contributed by atoms with Gasteiger partial charge in [0.25, 0.3) is 5.91 Å². The summed E-state index contributed by atoms with van der Waals surface area (Å²) in [5.41, 5.74) is 4.04. The monoisotopic (exact) mass is 559 g/mol. The van der Waals surface area contributed by atoms with Gasteiger partial charge in [0.2, 0.25) is 0 Å². The van der Waals surface area contributed by atoms with Crippen LogP contribution in [-0.4, -0.2) is 26.6 Å². The molecule has 0 N–H and O–H groups in total. The summed E-state index contributed by atoms with van der Waals surface area (Å²) in [6.45, 7) is 0.649. The molecular weight excluding hydrogens is 533 g/mol. The van der Waals surface area contributed by atoms with Crippen molar-refractivity contribution in [2.75, 3.05) is 0 Å². The lowest BCUT2D eigenvalue weighted by Gasteiger charge is -2.30. The minimum Gasteiger partial charge on any atom is -0.342 e. The number of amides is 1. The molecule has 0 bridgehead atoms. The van der Waals surface area contributed by atoms with Gasteiger partial charge in [0, 0.05) is 35.2 Å². The Hall–Kier alpha value is -2.99. The molecular formula is C31H27Cl2N3OS. The number of halogens is 2. The molecule has 4 aromatic rings. The van der Waals surface area contributed by atoms with Crippen molar-refractivity contribution < 1.29 is 4.79 Å². The Balaban J connectivity index is 1.38. The van der Waals surface area contributed by atoms with Gasteiger partial charge in [-0.05, 0) is 66.6 Å². The first kappa shape index (κ1) is 25.3. The topological polar surface area (TPSA) is 37.6 Å². The molecule has 7 heteroatoms. The van der Waals surface area contributed by atoms with E-state index < -0.39 is 0 Å². The molecule has 192 valence electrons. The maximum atomic E-state index is 13.8. The van der Waals surface area contributed by atoms with Crippen LogP contribution in [-0.2, 0) is 11.3 Å². The van der Waals surface area contributed by atoms with E-state index in [4.69, 9.17) is 28.2 Å². The Morgan fingerprint density at radius 2 is 1.68 bits per heavy atom. The quantitative estimate of drug-likeness (QED) is 0.229. The third-order valence-electron chi connectivity index (χ3n) is 7.20. The third kappa shape index (κ3) is 5.15. The number of aliphatic imine (C=N–C) groups is 1. The number of aromatic nitrogens is 1. The molecule has 38 heavy (non-hydrogen) atoms. The number of amidine groups is 1. The Labute approximate surface area is 237 Å². The molecule has 1 saturated heterocycles. The SMILES string of the molecule is O=C1/C(=C\c2cn(Cc3ccc(Cl)c(Cl)c3)c3ccccc23)SC(=Nc2ccccc2)N1C1CCCCC1. The van der Waals surface area contributed by atoms with E-state index in [-0.39, 0.29) is 11.9 Å². The molecule has 6 rings (SSSR count). The smallest absolute Gasteiger partial charge is 0.267 e. The van der Waals surface area contributed by atoms with Crippen LogP contribution in [0.15, 0.2) is 88.9 Å². The van der Waals surface area contributed by atoms with Gasteiger partial charge in [0.15, 0.2) is 5.17 Å². The van der Waals surface area contributed by atoms with E-state index in [1.54, 1.807) is 0 Å². The highest BCUT2D eigenvalue weighted by atomic mass is 35.5. The first-order valence-corrected chi connectivity index (χ1v) is 14.5. The molecule has 2 fully saturated rings. The second-order valence-corrected chi connectivity index (χ2v) is 11.6. The summed E-state index contributed by atoms with van der Waals surface area (Å²) >= 11 is 13.9. The van der Waals surface area contributed by atoms with E-state index in [1.807, 2.05) is 71.6 Å². The highest BCUT2D eigenvalue weighted by Crippen LogP contribution is 2.39. The van der Waals surface area contributed by atoms with Crippen molar-refractivity contribution in [2.45, 2.75) is 44.7 Å². The summed E-state index contributed by atoms with van der Waals surface area (Å²) in [5, 5.41) is 2.97. The second kappa shape index (κ2) is 11.0. The van der Waals surface area contributed by atoms with E-state index in [0.29, 0.717) is 21.5 Å². The van der Waals surface area contributed by atoms with Crippen molar-refractivity contribution in [2.24, 2.45) is 4.99 Å². The number of carbonyl (C=O) groups is 1. The molecule has 0 spiro atoms. The maximum Gasteiger partial charge on any atom is 0.267 e. The molecule has 2 aliphatic rings. The van der Waals surface area contributed by atoms with Gasteiger partial charge in [-0.3, -0.25) is 9.69 Å². The lowest BCUT2D eigenvalue weighted by atomic mass is 9.94. The number of hydrogen-bond donors (Lipinski definition) is 0. The van der Waals surface area contributed by atoms with Crippen molar-refractivity contribution in [1.82, 2.24) is 9.47 Å². The van der Waals surface area contributed by atoms with Crippen molar-refractivity contribution >= 4 is 68.7 Å². The minimum absolute atomic E-state index is 0.0536. The van der Waals surface area contributed by atoms with Crippen molar-refractivity contribution in [3.8, 4) is 0 Å². The Kier molecular flexibility index (Phi) is 7.33. The van der Waals surface area contributed by atoms with Crippen LogP contribution in [0.3, 0.4) is 0 Å². The molecule has 1 aliphatic heterocycles. The number of fused-ring (bicyclic) bond motifs is 1. The fourth-order valence-corrected chi connectivity index (χ4v) is 6.71. The summed E-state index contributed by atoms with van der Waals surface area (Å²) in [4.78, 5) is 21.4. The van der Waals surface area contributed by atoms with Crippen LogP contribution in [0.5, 0.6) is 0 Å². The lowest BCUT2D eigenvalue weighted by Crippen LogP contribution is -2.40. The normalized spacial score (nSPS) is 18.8. The van der Waals surface area contributed by atoms with Crippen LogP contribution in [0, 0.1) is 0 Å². The molecule has 2 heterocycles. The van der Waals surface area contributed by atoms with Gasteiger partial charge in [0.1, 0.15) is 0 Å². The van der Waals surface area contributed by atoms with E-state index in [0.717, 1.165) is 58.6 Å². The molecule has 4 nitrogen and oxygen atoms in total. The molecule has 3 aromatic carbocycles. The van der Waals surface area contributed by atoms with Gasteiger partial charge in [0.05, 0.1) is 20.6 Å². The number of thioether (sulfide) groups is 1. The predicted octanol–water partition coefficient (Wildman–Crippen LogP) is 8.93. The van der Waals surface area contributed by atoms with Crippen LogP contribution in [0.4, 0.5) is 5.69 Å². The molecule has 1 amide bonds. The van der Waals surface area contributed by atoms with E-state index in [1.165, 1.54) is 18.2 Å². The standard InChI is InChI=1S/C31H27Cl2N3OS/c32-26-16-15-21(17-27(26)33)19-35-20-22(25-13-7-8-14-28(25)35)18-29-30(37)36(24-11-5-2-6-12-24)31(38-29)34-23-9-3-1-4-10-23/h1,3-4,7-10,13-18,20,24H,2,5-6,11-12,19H2/b29-18+,34-31?. The summed E-state index contributed by atoms with van der Waals surface area (Å²) in [5.74, 6) is 0.0536. The number of para-hydroxylation sites is 2. The van der Waals surface area contributed by atoms with Crippen molar-refractivity contribution in [1.29, 1.82) is 0 Å². The number of carbonyl (C=O) groups excluding carboxylic acids is 1. The average molecular weight is 561 g/mol. The van der Waals surface area contributed by atoms with E-state index >= 15 is 0 Å². The average Bonchev–Trinajstić information content (AvgIpc) is 3.44. The fraction of sp³-hybridized carbons (Fsp3) is 0.226. The Morgan fingerprint density at radius 1 is 0.921 bits per heavy atom. The summed E-state index contributed by atoms with van der Waals surface area (Å²) in [6, 6.07) is 24.1. The molecule has 0 unspecified atom stereocenters. The van der Waals surface area contributed by atoms with Gasteiger partial charge in [-0.25, -0.2) is 4.99 Å². The van der Waals surface area contributed by atoms with Crippen molar-refractivity contribution in [3.63, 3.8) is 0 Å². The van der Waals surface area contributed by atoms with Crippen LogP contribution >= 0.6 is 35.0 Å². The Morgan fingerprint density at radius 3 is 2.47 bits per heavy atom. The van der Waals surface area contributed by atoms with Crippen LogP contribution < -0.4 is 0 Å². The minimum atomic E-state index is 0.0536. The van der Waals surface area contributed by atoms with Gasteiger partial charge >= 0.3 is 0 Å². The van der Waals surface area contributed by atoms with Crippen molar-refractivity contribution in [3.05, 3.63) is 105 Å². The second-order valence-electron chi connectivity index (χ2n) is 9.79. The summed E-state index contributed by atoms with van der Waals surface area (Å²) < 4.78 is 2.20. The molecule has 1 aromatic heterocycles. The van der Waals surface area contributed by atoms with Gasteiger partial charge in [-0.2, -0.15) is 0 Å². The first-order valence-electron chi connectivity index (χ1n) is 13.0. The highest BCUT2D eigenvalue weighted by Gasteiger charge is 2.38. The summed E-state index contributed by atoms with van der Waals surface area (Å²) in [6.07, 6.45) is 9.73. The van der Waals surface area contributed by atoms with Crippen LogP contribution in [0.2, 0.25) is 10.0 Å². The molecule has 1 saturated carbocycles. The summed E-state index contributed by atoms with van der Waals surface area (Å²) in [7, 11) is 0. The van der Waals surface area contributed by atoms with Gasteiger partial charge < -0.3 is 4.57 Å². The highest BCUT2D eigenvalue weighted by molar-refractivity contribution is 8.18. The number of rotatable bonds is 5. The molecule has 1 aliphatic carbocycles. The van der Waals surface area contributed by atoms with Crippen LogP contribution in [0.1, 0.15) is 43.2 Å². The van der Waals surface area contributed by atoms with E-state index in [2.05, 4.69) is 22.9 Å². The lowest BCUT2D eigenvalue weighted by molar-refractivity contribution is -0.124. The first-order chi connectivity index (χ1) is 18.6. The number of hydrogen-bond acceptors (Lipinski definition) is 3. The largest absolute Gasteiger partial charge is 0.342 e. The zero-order valence-corrected chi connectivity index (χ0v) is 23.1.